The molecule has 0 radical (unpaired) electrons. The van der Waals surface area contributed by atoms with Gasteiger partial charge < -0.3 is 5.32 Å². The maximum absolute atomic E-state index is 3.74. The Balaban J connectivity index is 4.14. The van der Waals surface area contributed by atoms with Crippen LogP contribution in [0.5, 0.6) is 0 Å². The lowest BCUT2D eigenvalue weighted by Crippen LogP contribution is -2.46. The quantitative estimate of drug-likeness (QED) is 0.654. The van der Waals surface area contributed by atoms with E-state index in [2.05, 4.69) is 46.9 Å². The lowest BCUT2D eigenvalue weighted by molar-refractivity contribution is 0.224. The summed E-state index contributed by atoms with van der Waals surface area (Å²) in [6.07, 6.45) is 4.96. The van der Waals surface area contributed by atoms with Crippen molar-refractivity contribution in [2.45, 2.75) is 72.8 Å². The van der Waals surface area contributed by atoms with Crippen molar-refractivity contribution in [3.8, 4) is 0 Å². The summed E-state index contributed by atoms with van der Waals surface area (Å²) in [6, 6.07) is 0. The monoisotopic (exact) mass is 199 g/mol. The fourth-order valence-electron chi connectivity index (χ4n) is 1.43. The molecule has 86 valence electrons. The first-order valence-corrected chi connectivity index (χ1v) is 6.20. The minimum atomic E-state index is 0.339. The third kappa shape index (κ3) is 4.00. The molecule has 14 heavy (non-hydrogen) atoms. The Morgan fingerprint density at radius 2 is 1.21 bits per heavy atom. The maximum atomic E-state index is 3.74. The summed E-state index contributed by atoms with van der Waals surface area (Å²) in [5.74, 6) is 0. The van der Waals surface area contributed by atoms with Crippen molar-refractivity contribution in [1.82, 2.24) is 5.32 Å². The fourth-order valence-corrected chi connectivity index (χ4v) is 1.43. The summed E-state index contributed by atoms with van der Waals surface area (Å²) in [6.45, 7) is 15.0. The van der Waals surface area contributed by atoms with Gasteiger partial charge in [0.05, 0.1) is 0 Å². The van der Waals surface area contributed by atoms with Gasteiger partial charge in [0.25, 0.3) is 0 Å². The van der Waals surface area contributed by atoms with Gasteiger partial charge in [0, 0.05) is 12.1 Å². The van der Waals surface area contributed by atoms with Crippen LogP contribution in [0.4, 0.5) is 0 Å². The van der Waals surface area contributed by atoms with Crippen molar-refractivity contribution in [3.05, 3.63) is 0 Å². The normalized spacial score (nSPS) is 13.3. The number of hydrogen-bond donors (Lipinski definition) is 1. The third-order valence-corrected chi connectivity index (χ3v) is 4.21. The Bertz CT molecular complexity index is 125. The molecule has 0 amide bonds. The van der Waals surface area contributed by atoms with Crippen LogP contribution in [0.15, 0.2) is 0 Å². The van der Waals surface area contributed by atoms with Gasteiger partial charge in [-0.05, 0) is 38.0 Å². The summed E-state index contributed by atoms with van der Waals surface area (Å²) in [5.41, 5.74) is 0.817. The lowest BCUT2D eigenvalue weighted by atomic mass is 9.83. The Hall–Kier alpha value is -0.0400. The Morgan fingerprint density at radius 3 is 1.50 bits per heavy atom. The van der Waals surface area contributed by atoms with Crippen molar-refractivity contribution >= 4 is 0 Å². The zero-order chi connectivity index (χ0) is 11.2. The van der Waals surface area contributed by atoms with Crippen LogP contribution in [0, 0.1) is 5.41 Å². The molecule has 1 nitrogen and oxygen atoms in total. The summed E-state index contributed by atoms with van der Waals surface area (Å²) in [5, 5.41) is 3.74. The molecule has 0 rings (SSSR count). The Labute approximate surface area is 90.7 Å². The van der Waals surface area contributed by atoms with Crippen LogP contribution >= 0.6 is 0 Å². The predicted octanol–water partition coefficient (Wildman–Crippen LogP) is 3.98. The van der Waals surface area contributed by atoms with E-state index >= 15 is 0 Å². The highest BCUT2D eigenvalue weighted by atomic mass is 15.0. The van der Waals surface area contributed by atoms with Crippen LogP contribution in [-0.2, 0) is 0 Å². The smallest absolute Gasteiger partial charge is 0.0148 e. The number of nitrogens with one attached hydrogen (secondary N) is 1. The average Bonchev–Trinajstić information content (AvgIpc) is 2.25. The van der Waals surface area contributed by atoms with Gasteiger partial charge in [0.1, 0.15) is 0 Å². The van der Waals surface area contributed by atoms with Gasteiger partial charge in [-0.15, -0.1) is 0 Å². The zero-order valence-corrected chi connectivity index (χ0v) is 11.0. The highest BCUT2D eigenvalue weighted by molar-refractivity contribution is 4.84. The van der Waals surface area contributed by atoms with Crippen molar-refractivity contribution in [3.63, 3.8) is 0 Å². The first-order valence-electron chi connectivity index (χ1n) is 6.20. The fraction of sp³-hybridized carbons (Fsp3) is 1.00. The molecule has 0 aliphatic rings. The van der Waals surface area contributed by atoms with Crippen molar-refractivity contribution in [2.24, 2.45) is 5.41 Å². The first kappa shape index (κ1) is 14.0. The molecule has 1 heteroatoms. The number of rotatable bonds is 7. The van der Waals surface area contributed by atoms with Gasteiger partial charge in [0.15, 0.2) is 0 Å². The van der Waals surface area contributed by atoms with Crippen molar-refractivity contribution in [2.75, 3.05) is 6.54 Å². The summed E-state index contributed by atoms with van der Waals surface area (Å²) < 4.78 is 0. The van der Waals surface area contributed by atoms with E-state index in [1.165, 1.54) is 25.7 Å². The Kier molecular flexibility index (Phi) is 5.73. The second-order valence-electron chi connectivity index (χ2n) is 5.14. The molecule has 0 saturated carbocycles. The van der Waals surface area contributed by atoms with Crippen molar-refractivity contribution in [1.29, 1.82) is 0 Å². The first-order chi connectivity index (χ1) is 6.45. The van der Waals surface area contributed by atoms with E-state index in [-0.39, 0.29) is 0 Å². The minimum Gasteiger partial charge on any atom is -0.311 e. The molecule has 0 spiro atoms. The standard InChI is InChI=1S/C13H29N/c1-7-12(5,8-2)11-14-13(6,9-3)10-4/h14H,7-11H2,1-6H3. The van der Waals surface area contributed by atoms with E-state index in [1.54, 1.807) is 0 Å². The van der Waals surface area contributed by atoms with Crippen LogP contribution in [0.25, 0.3) is 0 Å². The topological polar surface area (TPSA) is 12.0 Å². The highest BCUT2D eigenvalue weighted by Crippen LogP contribution is 2.26. The minimum absolute atomic E-state index is 0.339. The molecule has 0 aromatic heterocycles. The third-order valence-electron chi connectivity index (χ3n) is 4.21. The van der Waals surface area contributed by atoms with Gasteiger partial charge in [-0.25, -0.2) is 0 Å². The molecule has 0 aromatic rings. The van der Waals surface area contributed by atoms with E-state index in [0.29, 0.717) is 11.0 Å². The molecule has 1 N–H and O–H groups in total. The van der Waals surface area contributed by atoms with E-state index in [0.717, 1.165) is 6.54 Å². The van der Waals surface area contributed by atoms with Crippen LogP contribution < -0.4 is 5.32 Å². The molecular formula is C13H29N. The summed E-state index contributed by atoms with van der Waals surface area (Å²) in [7, 11) is 0. The molecule has 0 unspecified atom stereocenters. The van der Waals surface area contributed by atoms with Crippen LogP contribution in [-0.4, -0.2) is 12.1 Å². The molecule has 0 atom stereocenters. The van der Waals surface area contributed by atoms with Crippen LogP contribution in [0.1, 0.15) is 67.2 Å². The van der Waals surface area contributed by atoms with Gasteiger partial charge in [-0.1, -0.05) is 34.6 Å². The highest BCUT2D eigenvalue weighted by Gasteiger charge is 2.25. The molecule has 0 heterocycles. The van der Waals surface area contributed by atoms with E-state index in [1.807, 2.05) is 0 Å². The molecule has 0 fully saturated rings. The van der Waals surface area contributed by atoms with E-state index < -0.39 is 0 Å². The van der Waals surface area contributed by atoms with Crippen molar-refractivity contribution < 1.29 is 0 Å². The zero-order valence-electron chi connectivity index (χ0n) is 11.0. The number of hydrogen-bond acceptors (Lipinski definition) is 1. The second-order valence-corrected chi connectivity index (χ2v) is 5.14. The molecule has 0 bridgehead atoms. The maximum Gasteiger partial charge on any atom is 0.0148 e. The van der Waals surface area contributed by atoms with Gasteiger partial charge in [-0.3, -0.25) is 0 Å². The Morgan fingerprint density at radius 1 is 0.786 bits per heavy atom. The largest absolute Gasteiger partial charge is 0.311 e. The van der Waals surface area contributed by atoms with Gasteiger partial charge >= 0.3 is 0 Å². The van der Waals surface area contributed by atoms with Gasteiger partial charge in [-0.2, -0.15) is 0 Å². The SMILES string of the molecule is CCC(C)(CC)CNC(C)(CC)CC. The molecule has 0 aromatic carbocycles. The van der Waals surface area contributed by atoms with E-state index in [9.17, 15) is 0 Å². The lowest BCUT2D eigenvalue weighted by Gasteiger charge is -2.35. The second kappa shape index (κ2) is 5.75. The summed E-state index contributed by atoms with van der Waals surface area (Å²) in [4.78, 5) is 0. The van der Waals surface area contributed by atoms with E-state index in [4.69, 9.17) is 0 Å². The van der Waals surface area contributed by atoms with Crippen LogP contribution in [0.3, 0.4) is 0 Å². The predicted molar refractivity (Wildman–Crippen MR) is 65.7 cm³/mol. The molecule has 0 aliphatic carbocycles. The van der Waals surface area contributed by atoms with Gasteiger partial charge in [0.2, 0.25) is 0 Å². The molecule has 0 saturated heterocycles. The summed E-state index contributed by atoms with van der Waals surface area (Å²) >= 11 is 0. The molecular weight excluding hydrogens is 170 g/mol. The molecule has 0 aliphatic heterocycles. The van der Waals surface area contributed by atoms with Crippen LogP contribution in [0.2, 0.25) is 0 Å². The average molecular weight is 199 g/mol.